The average Bonchev–Trinajstić information content (AvgIpc) is 2.34. The van der Waals surface area contributed by atoms with Gasteiger partial charge in [0.15, 0.2) is 11.6 Å². The van der Waals surface area contributed by atoms with Gasteiger partial charge in [-0.2, -0.15) is 0 Å². The summed E-state index contributed by atoms with van der Waals surface area (Å²) in [6, 6.07) is 6.75. The summed E-state index contributed by atoms with van der Waals surface area (Å²) in [4.78, 5) is 3.84. The molecular weight excluding hydrogens is 260 g/mol. The monoisotopic (exact) mass is 269 g/mol. The highest BCUT2D eigenvalue weighted by molar-refractivity contribution is 6.29. The van der Waals surface area contributed by atoms with Crippen LogP contribution in [0.2, 0.25) is 5.15 Å². The van der Waals surface area contributed by atoms with Crippen LogP contribution in [0.1, 0.15) is 17.2 Å². The van der Waals surface area contributed by atoms with Crippen LogP contribution in [0.25, 0.3) is 0 Å². The van der Waals surface area contributed by atoms with Crippen molar-refractivity contribution < 1.29 is 13.9 Å². The topological polar surface area (TPSA) is 33.1 Å². The molecule has 1 aromatic carbocycles. The number of benzene rings is 1. The molecule has 0 aliphatic heterocycles. The zero-order valence-electron chi connectivity index (χ0n) is 9.28. The summed E-state index contributed by atoms with van der Waals surface area (Å²) < 4.78 is 25.7. The standard InChI is InChI=1S/C13H10ClF2NO/c14-13-4-2-9(7-17-13)12(18)6-8-1-3-10(15)11(16)5-8/h1-5,7,12,18H,6H2. The third-order valence-electron chi connectivity index (χ3n) is 2.55. The van der Waals surface area contributed by atoms with E-state index in [-0.39, 0.29) is 6.42 Å². The van der Waals surface area contributed by atoms with E-state index >= 15 is 0 Å². The highest BCUT2D eigenvalue weighted by Crippen LogP contribution is 2.20. The fraction of sp³-hybridized carbons (Fsp3) is 0.154. The molecule has 0 radical (unpaired) electrons. The van der Waals surface area contributed by atoms with Gasteiger partial charge in [-0.15, -0.1) is 0 Å². The molecule has 2 aromatic rings. The van der Waals surface area contributed by atoms with Crippen molar-refractivity contribution in [1.82, 2.24) is 4.98 Å². The lowest BCUT2D eigenvalue weighted by molar-refractivity contribution is 0.178. The Morgan fingerprint density at radius 3 is 2.56 bits per heavy atom. The number of rotatable bonds is 3. The van der Waals surface area contributed by atoms with Crippen LogP contribution in [0.4, 0.5) is 8.78 Å². The highest BCUT2D eigenvalue weighted by Gasteiger charge is 2.11. The molecule has 1 N–H and O–H groups in total. The first kappa shape index (κ1) is 12.9. The van der Waals surface area contributed by atoms with Gasteiger partial charge in [0.2, 0.25) is 0 Å². The van der Waals surface area contributed by atoms with Crippen molar-refractivity contribution in [3.05, 3.63) is 64.4 Å². The van der Waals surface area contributed by atoms with E-state index in [1.165, 1.54) is 12.3 Å². The number of pyridine rings is 1. The number of nitrogens with zero attached hydrogens (tertiary/aromatic N) is 1. The van der Waals surface area contributed by atoms with Gasteiger partial charge in [0.05, 0.1) is 6.10 Å². The van der Waals surface area contributed by atoms with E-state index in [4.69, 9.17) is 11.6 Å². The fourth-order valence-electron chi connectivity index (χ4n) is 1.59. The van der Waals surface area contributed by atoms with Crippen LogP contribution in [-0.2, 0) is 6.42 Å². The molecule has 5 heteroatoms. The first-order valence-electron chi connectivity index (χ1n) is 5.29. The summed E-state index contributed by atoms with van der Waals surface area (Å²) in [5, 5.41) is 10.3. The normalized spacial score (nSPS) is 12.4. The Kier molecular flexibility index (Phi) is 3.89. The van der Waals surface area contributed by atoms with Gasteiger partial charge in [0.1, 0.15) is 5.15 Å². The van der Waals surface area contributed by atoms with E-state index in [0.717, 1.165) is 12.1 Å². The number of halogens is 3. The molecule has 18 heavy (non-hydrogen) atoms. The van der Waals surface area contributed by atoms with E-state index < -0.39 is 17.7 Å². The zero-order chi connectivity index (χ0) is 13.1. The van der Waals surface area contributed by atoms with Crippen LogP contribution in [0.5, 0.6) is 0 Å². The number of aliphatic hydroxyl groups excluding tert-OH is 1. The van der Waals surface area contributed by atoms with Gasteiger partial charge >= 0.3 is 0 Å². The third kappa shape index (κ3) is 3.03. The predicted octanol–water partition coefficient (Wildman–Crippen LogP) is 3.29. The van der Waals surface area contributed by atoms with E-state index in [9.17, 15) is 13.9 Å². The van der Waals surface area contributed by atoms with Crippen molar-refractivity contribution in [3.8, 4) is 0 Å². The van der Waals surface area contributed by atoms with Gasteiger partial charge in [0, 0.05) is 12.6 Å². The molecule has 0 fully saturated rings. The molecule has 0 saturated carbocycles. The molecule has 0 spiro atoms. The molecule has 0 aliphatic rings. The van der Waals surface area contributed by atoms with E-state index in [1.807, 2.05) is 0 Å². The summed E-state index contributed by atoms with van der Waals surface area (Å²) >= 11 is 5.63. The van der Waals surface area contributed by atoms with Crippen molar-refractivity contribution >= 4 is 11.6 Å². The second kappa shape index (κ2) is 5.42. The number of hydrogen-bond acceptors (Lipinski definition) is 2. The molecule has 0 saturated heterocycles. The summed E-state index contributed by atoms with van der Waals surface area (Å²) in [5.41, 5.74) is 1.08. The summed E-state index contributed by atoms with van der Waals surface area (Å²) in [6.45, 7) is 0. The minimum absolute atomic E-state index is 0.181. The van der Waals surface area contributed by atoms with Gasteiger partial charge in [-0.05, 0) is 29.3 Å². The molecule has 1 aromatic heterocycles. The molecule has 94 valence electrons. The summed E-state index contributed by atoms with van der Waals surface area (Å²) in [6.07, 6.45) is 0.799. The second-order valence-corrected chi connectivity index (χ2v) is 4.27. The minimum Gasteiger partial charge on any atom is -0.388 e. The smallest absolute Gasteiger partial charge is 0.159 e. The molecule has 1 atom stereocenters. The molecular formula is C13H10ClF2NO. The quantitative estimate of drug-likeness (QED) is 0.868. The van der Waals surface area contributed by atoms with E-state index in [1.54, 1.807) is 12.1 Å². The van der Waals surface area contributed by atoms with Crippen LogP contribution in [-0.4, -0.2) is 10.1 Å². The Morgan fingerprint density at radius 2 is 1.94 bits per heavy atom. The van der Waals surface area contributed by atoms with Crippen molar-refractivity contribution in [3.63, 3.8) is 0 Å². The Bertz CT molecular complexity index is 545. The number of hydrogen-bond donors (Lipinski definition) is 1. The maximum absolute atomic E-state index is 13.0. The molecule has 0 amide bonds. The van der Waals surface area contributed by atoms with Crippen molar-refractivity contribution in [2.45, 2.75) is 12.5 Å². The second-order valence-electron chi connectivity index (χ2n) is 3.88. The van der Waals surface area contributed by atoms with Crippen LogP contribution >= 0.6 is 11.6 Å². The minimum atomic E-state index is -0.922. The van der Waals surface area contributed by atoms with Crippen molar-refractivity contribution in [2.75, 3.05) is 0 Å². The fourth-order valence-corrected chi connectivity index (χ4v) is 1.70. The lowest BCUT2D eigenvalue weighted by atomic mass is 10.0. The molecule has 0 aliphatic carbocycles. The maximum atomic E-state index is 13.0. The van der Waals surface area contributed by atoms with Crippen LogP contribution in [0.3, 0.4) is 0 Å². The molecule has 1 heterocycles. The SMILES string of the molecule is OC(Cc1ccc(F)c(F)c1)c1ccc(Cl)nc1. The molecule has 1 unspecified atom stereocenters. The van der Waals surface area contributed by atoms with Gasteiger partial charge in [-0.1, -0.05) is 23.7 Å². The molecule has 2 rings (SSSR count). The predicted molar refractivity (Wildman–Crippen MR) is 64.3 cm³/mol. The van der Waals surface area contributed by atoms with E-state index in [0.29, 0.717) is 16.3 Å². The Balaban J connectivity index is 2.13. The van der Waals surface area contributed by atoms with Crippen molar-refractivity contribution in [1.29, 1.82) is 0 Å². The van der Waals surface area contributed by atoms with Crippen LogP contribution < -0.4 is 0 Å². The zero-order valence-corrected chi connectivity index (χ0v) is 10.0. The average molecular weight is 270 g/mol. The van der Waals surface area contributed by atoms with Gasteiger partial charge in [0.25, 0.3) is 0 Å². The summed E-state index contributed by atoms with van der Waals surface area (Å²) in [7, 11) is 0. The van der Waals surface area contributed by atoms with E-state index in [2.05, 4.69) is 4.98 Å². The first-order valence-corrected chi connectivity index (χ1v) is 5.67. The van der Waals surface area contributed by atoms with Crippen LogP contribution in [0, 0.1) is 11.6 Å². The number of aromatic nitrogens is 1. The summed E-state index contributed by atoms with van der Waals surface area (Å²) in [5.74, 6) is -1.82. The molecule has 0 bridgehead atoms. The van der Waals surface area contributed by atoms with Gasteiger partial charge < -0.3 is 5.11 Å². The lowest BCUT2D eigenvalue weighted by Crippen LogP contribution is -2.03. The largest absolute Gasteiger partial charge is 0.388 e. The first-order chi connectivity index (χ1) is 8.56. The highest BCUT2D eigenvalue weighted by atomic mass is 35.5. The Morgan fingerprint density at radius 1 is 1.17 bits per heavy atom. The van der Waals surface area contributed by atoms with Gasteiger partial charge in [-0.25, -0.2) is 13.8 Å². The Hall–Kier alpha value is -1.52. The number of aliphatic hydroxyl groups is 1. The molecule has 2 nitrogen and oxygen atoms in total. The Labute approximate surface area is 108 Å². The third-order valence-corrected chi connectivity index (χ3v) is 2.77. The van der Waals surface area contributed by atoms with Crippen molar-refractivity contribution in [2.24, 2.45) is 0 Å². The lowest BCUT2D eigenvalue weighted by Gasteiger charge is -2.10. The van der Waals surface area contributed by atoms with Gasteiger partial charge in [-0.3, -0.25) is 0 Å². The van der Waals surface area contributed by atoms with Crippen LogP contribution in [0.15, 0.2) is 36.5 Å². The maximum Gasteiger partial charge on any atom is 0.159 e.